The molecule has 3 rings (SSSR count). The maximum atomic E-state index is 12.7. The molecule has 0 spiro atoms. The summed E-state index contributed by atoms with van der Waals surface area (Å²) in [5.41, 5.74) is 1.85. The van der Waals surface area contributed by atoms with Gasteiger partial charge in [-0.05, 0) is 35.7 Å². The van der Waals surface area contributed by atoms with Gasteiger partial charge in [-0.1, -0.05) is 54.0 Å². The summed E-state index contributed by atoms with van der Waals surface area (Å²) in [6, 6.07) is 14.7. The number of rotatable bonds is 9. The van der Waals surface area contributed by atoms with Crippen LogP contribution in [0.4, 0.5) is 24.9 Å². The first-order valence-corrected chi connectivity index (χ1v) is 11.0. The molecule has 0 aliphatic heterocycles. The first kappa shape index (κ1) is 24.8. The van der Waals surface area contributed by atoms with Crippen LogP contribution in [0.5, 0.6) is 5.75 Å². The van der Waals surface area contributed by atoms with E-state index in [0.29, 0.717) is 23.6 Å². The van der Waals surface area contributed by atoms with Gasteiger partial charge in [0.1, 0.15) is 11.6 Å². The number of hydrogen-bond donors (Lipinski definition) is 3. The number of benzene rings is 2. The molecule has 0 saturated carbocycles. The van der Waals surface area contributed by atoms with Crippen LogP contribution in [0, 0.1) is 5.92 Å². The lowest BCUT2D eigenvalue weighted by molar-refractivity contribution is -0.274. The van der Waals surface area contributed by atoms with E-state index < -0.39 is 6.36 Å². The monoisotopic (exact) mass is 524 g/mol. The molecule has 10 heteroatoms. The van der Waals surface area contributed by atoms with Crippen molar-refractivity contribution in [3.63, 3.8) is 0 Å². The highest BCUT2D eigenvalue weighted by Crippen LogP contribution is 2.29. The van der Waals surface area contributed by atoms with E-state index in [9.17, 15) is 18.3 Å². The van der Waals surface area contributed by atoms with E-state index in [4.69, 9.17) is 0 Å². The summed E-state index contributed by atoms with van der Waals surface area (Å²) in [5.74, 6) is 0.492. The number of ether oxygens (including phenoxy) is 1. The van der Waals surface area contributed by atoms with Gasteiger partial charge < -0.3 is 20.5 Å². The van der Waals surface area contributed by atoms with Gasteiger partial charge in [0.25, 0.3) is 0 Å². The Balaban J connectivity index is 1.92. The van der Waals surface area contributed by atoms with Crippen molar-refractivity contribution in [2.75, 3.05) is 17.2 Å². The molecular formula is C23H24BrF3N4O2. The summed E-state index contributed by atoms with van der Waals surface area (Å²) in [7, 11) is 0. The van der Waals surface area contributed by atoms with Crippen LogP contribution in [-0.4, -0.2) is 34.1 Å². The Kier molecular flexibility index (Phi) is 8.15. The molecule has 1 aromatic heterocycles. The Hall–Kier alpha value is -2.85. The molecule has 3 N–H and O–H groups in total. The molecule has 0 aliphatic rings. The van der Waals surface area contributed by atoms with Crippen molar-refractivity contribution in [1.82, 2.24) is 9.97 Å². The summed E-state index contributed by atoms with van der Waals surface area (Å²) >= 11 is 3.40. The van der Waals surface area contributed by atoms with Crippen molar-refractivity contribution in [3.05, 3.63) is 64.6 Å². The van der Waals surface area contributed by atoms with Crippen molar-refractivity contribution >= 4 is 27.7 Å². The molecule has 0 radical (unpaired) electrons. The van der Waals surface area contributed by atoms with Gasteiger partial charge in [0.2, 0.25) is 5.95 Å². The first-order chi connectivity index (χ1) is 15.6. The van der Waals surface area contributed by atoms with Crippen molar-refractivity contribution in [1.29, 1.82) is 0 Å². The lowest BCUT2D eigenvalue weighted by Gasteiger charge is -2.21. The smallest absolute Gasteiger partial charge is 0.406 e. The minimum Gasteiger partial charge on any atom is -0.406 e. The third-order valence-electron chi connectivity index (χ3n) is 4.79. The largest absolute Gasteiger partial charge is 0.573 e. The van der Waals surface area contributed by atoms with Crippen LogP contribution >= 0.6 is 15.9 Å². The predicted molar refractivity (Wildman–Crippen MR) is 125 cm³/mol. The van der Waals surface area contributed by atoms with Gasteiger partial charge in [0, 0.05) is 22.6 Å². The Bertz CT molecular complexity index is 1060. The Labute approximate surface area is 198 Å². The Morgan fingerprint density at radius 2 is 1.79 bits per heavy atom. The summed E-state index contributed by atoms with van der Waals surface area (Å²) < 4.78 is 43.0. The highest BCUT2D eigenvalue weighted by molar-refractivity contribution is 9.10. The van der Waals surface area contributed by atoms with E-state index in [1.165, 1.54) is 18.2 Å². The van der Waals surface area contributed by atoms with E-state index in [1.54, 1.807) is 12.1 Å². The first-order valence-electron chi connectivity index (χ1n) is 10.2. The van der Waals surface area contributed by atoms with Crippen LogP contribution in [0.3, 0.4) is 0 Å². The zero-order valence-electron chi connectivity index (χ0n) is 18.0. The van der Waals surface area contributed by atoms with Crippen LogP contribution in [0.1, 0.15) is 19.4 Å². The third-order valence-corrected chi connectivity index (χ3v) is 5.32. The molecule has 0 saturated heterocycles. The molecule has 0 bridgehead atoms. The highest BCUT2D eigenvalue weighted by atomic mass is 79.9. The topological polar surface area (TPSA) is 79.3 Å². The number of aromatic nitrogens is 2. The normalized spacial score (nSPS) is 12.5. The van der Waals surface area contributed by atoms with Crippen molar-refractivity contribution in [2.24, 2.45) is 5.92 Å². The molecule has 0 unspecified atom stereocenters. The Morgan fingerprint density at radius 3 is 2.42 bits per heavy atom. The number of halogens is 4. The second kappa shape index (κ2) is 10.8. The van der Waals surface area contributed by atoms with Gasteiger partial charge in [0.05, 0.1) is 18.3 Å². The van der Waals surface area contributed by atoms with E-state index in [0.717, 1.165) is 10.0 Å². The van der Waals surface area contributed by atoms with Crippen LogP contribution in [0.15, 0.2) is 59.1 Å². The number of alkyl halides is 3. The fraction of sp³-hybridized carbons (Fsp3) is 0.304. The minimum absolute atomic E-state index is 0.102. The van der Waals surface area contributed by atoms with Gasteiger partial charge >= 0.3 is 6.36 Å². The summed E-state index contributed by atoms with van der Waals surface area (Å²) in [6.07, 6.45) is -4.79. The van der Waals surface area contributed by atoms with Gasteiger partial charge in [-0.25, -0.2) is 4.98 Å². The maximum absolute atomic E-state index is 12.7. The SMILES string of the molecule is CC(C)[C@H](CO)Nc1nc(NCc2ccc(Br)cc2)cc(-c2cccc(OC(F)(F)F)c2)n1. The van der Waals surface area contributed by atoms with Crippen LogP contribution < -0.4 is 15.4 Å². The van der Waals surface area contributed by atoms with E-state index in [1.807, 2.05) is 38.1 Å². The summed E-state index contributed by atoms with van der Waals surface area (Å²) in [4.78, 5) is 8.94. The average Bonchev–Trinajstić information content (AvgIpc) is 2.76. The van der Waals surface area contributed by atoms with Gasteiger partial charge in [0.15, 0.2) is 0 Å². The number of anilines is 2. The van der Waals surface area contributed by atoms with Crippen LogP contribution in [0.25, 0.3) is 11.3 Å². The molecule has 176 valence electrons. The van der Waals surface area contributed by atoms with E-state index >= 15 is 0 Å². The van der Waals surface area contributed by atoms with E-state index in [-0.39, 0.29) is 30.3 Å². The number of aliphatic hydroxyl groups excluding tert-OH is 1. The van der Waals surface area contributed by atoms with E-state index in [2.05, 4.69) is 41.3 Å². The van der Waals surface area contributed by atoms with Crippen LogP contribution in [0.2, 0.25) is 0 Å². The molecule has 0 amide bonds. The minimum atomic E-state index is -4.79. The fourth-order valence-electron chi connectivity index (χ4n) is 2.99. The fourth-order valence-corrected chi connectivity index (χ4v) is 3.25. The zero-order chi connectivity index (χ0) is 24.0. The van der Waals surface area contributed by atoms with Crippen LogP contribution in [-0.2, 0) is 6.54 Å². The number of aliphatic hydroxyl groups is 1. The summed E-state index contributed by atoms with van der Waals surface area (Å²) in [6.45, 7) is 4.25. The van der Waals surface area contributed by atoms with Crippen molar-refractivity contribution < 1.29 is 23.0 Å². The molecule has 1 atom stereocenters. The molecular weight excluding hydrogens is 501 g/mol. The molecule has 1 heterocycles. The second-order valence-electron chi connectivity index (χ2n) is 7.70. The highest BCUT2D eigenvalue weighted by Gasteiger charge is 2.31. The van der Waals surface area contributed by atoms with Gasteiger partial charge in [-0.15, -0.1) is 13.2 Å². The lowest BCUT2D eigenvalue weighted by Crippen LogP contribution is -2.30. The second-order valence-corrected chi connectivity index (χ2v) is 8.61. The molecule has 3 aromatic rings. The standard InChI is InChI=1S/C23H24BrF3N4O2/c1-14(2)20(13-32)30-22-29-19(16-4-3-5-18(10-16)33-23(25,26)27)11-21(31-22)28-12-15-6-8-17(24)9-7-15/h3-11,14,20,32H,12-13H2,1-2H3,(H2,28,29,30,31)/t20-/m0/s1. The molecule has 0 aliphatic carbocycles. The number of nitrogens with one attached hydrogen (secondary N) is 2. The quantitative estimate of drug-likeness (QED) is 0.326. The molecule has 0 fully saturated rings. The number of hydrogen-bond acceptors (Lipinski definition) is 6. The maximum Gasteiger partial charge on any atom is 0.573 e. The van der Waals surface area contributed by atoms with Crippen molar-refractivity contribution in [3.8, 4) is 17.0 Å². The molecule has 2 aromatic carbocycles. The van der Waals surface area contributed by atoms with Gasteiger partial charge in [-0.3, -0.25) is 0 Å². The summed E-state index contributed by atoms with van der Waals surface area (Å²) in [5, 5.41) is 16.0. The predicted octanol–water partition coefficient (Wildman–Crippen LogP) is 5.85. The third kappa shape index (κ3) is 7.61. The lowest BCUT2D eigenvalue weighted by atomic mass is 10.1. The molecule has 33 heavy (non-hydrogen) atoms. The van der Waals surface area contributed by atoms with Gasteiger partial charge in [-0.2, -0.15) is 4.98 Å². The zero-order valence-corrected chi connectivity index (χ0v) is 19.6. The number of nitrogens with zero attached hydrogens (tertiary/aromatic N) is 2. The Morgan fingerprint density at radius 1 is 1.06 bits per heavy atom. The van der Waals surface area contributed by atoms with Crippen molar-refractivity contribution in [2.45, 2.75) is 32.8 Å². The molecule has 6 nitrogen and oxygen atoms in total. The average molecular weight is 525 g/mol.